The molecule has 0 spiro atoms. The van der Waals surface area contributed by atoms with Crippen LogP contribution in [0.4, 0.5) is 5.00 Å². The Morgan fingerprint density at radius 3 is 2.60 bits per heavy atom. The van der Waals surface area contributed by atoms with E-state index in [4.69, 9.17) is 4.74 Å². The van der Waals surface area contributed by atoms with Crippen molar-refractivity contribution in [2.45, 2.75) is 20.8 Å². The van der Waals surface area contributed by atoms with Gasteiger partial charge >= 0.3 is 5.97 Å². The first-order chi connectivity index (χ1) is 9.35. The number of hydrogen-bond donors (Lipinski definition) is 1. The lowest BCUT2D eigenvalue weighted by Crippen LogP contribution is -2.33. The molecule has 2 amide bonds. The molecule has 6 nitrogen and oxygen atoms in total. The number of ether oxygens (including phenoxy) is 1. The molecule has 1 N–H and O–H groups in total. The summed E-state index contributed by atoms with van der Waals surface area (Å²) in [5, 5.41) is 3.23. The minimum atomic E-state index is -0.392. The third-order valence-corrected chi connectivity index (χ3v) is 3.69. The molecule has 110 valence electrons. The van der Waals surface area contributed by atoms with Gasteiger partial charge in [-0.1, -0.05) is 0 Å². The Bertz CT molecular complexity index is 524. The Balaban J connectivity index is 2.70. The Labute approximate surface area is 121 Å². The van der Waals surface area contributed by atoms with Crippen molar-refractivity contribution in [1.82, 2.24) is 4.90 Å². The van der Waals surface area contributed by atoms with Gasteiger partial charge in [0.1, 0.15) is 4.88 Å². The zero-order valence-electron chi connectivity index (χ0n) is 12.0. The van der Waals surface area contributed by atoms with Gasteiger partial charge in [-0.3, -0.25) is 9.59 Å². The number of likely N-dealkylation sites (N-methyl/N-ethyl adjacent to an activating group) is 1. The molecular weight excluding hydrogens is 280 g/mol. The van der Waals surface area contributed by atoms with E-state index in [1.807, 2.05) is 0 Å². The number of thiophene rings is 1. The van der Waals surface area contributed by atoms with Crippen LogP contribution in [0.25, 0.3) is 0 Å². The van der Waals surface area contributed by atoms with E-state index in [9.17, 15) is 14.4 Å². The van der Waals surface area contributed by atoms with Crippen molar-refractivity contribution in [2.24, 2.45) is 0 Å². The van der Waals surface area contributed by atoms with E-state index in [2.05, 4.69) is 5.32 Å². The summed E-state index contributed by atoms with van der Waals surface area (Å²) in [7, 11) is 1.55. The first kappa shape index (κ1) is 16.2. The monoisotopic (exact) mass is 298 g/mol. The second-order valence-electron chi connectivity index (χ2n) is 4.27. The summed E-state index contributed by atoms with van der Waals surface area (Å²) in [6.07, 6.45) is 0. The standard InChI is InChI=1S/C13H18N2O4S/c1-5-19-13(18)12-8(2)6-11(20-12)14-10(17)7-15(4)9(3)16/h6H,5,7H2,1-4H3,(H,14,17). The average molecular weight is 298 g/mol. The number of amides is 2. The summed E-state index contributed by atoms with van der Waals surface area (Å²) in [6, 6.07) is 1.71. The van der Waals surface area contributed by atoms with E-state index >= 15 is 0 Å². The molecule has 0 atom stereocenters. The SMILES string of the molecule is CCOC(=O)c1sc(NC(=O)CN(C)C(C)=O)cc1C. The van der Waals surface area contributed by atoms with Crippen molar-refractivity contribution in [3.8, 4) is 0 Å². The highest BCUT2D eigenvalue weighted by molar-refractivity contribution is 7.18. The lowest BCUT2D eigenvalue weighted by molar-refractivity contribution is -0.131. The third-order valence-electron chi connectivity index (χ3n) is 2.56. The van der Waals surface area contributed by atoms with Gasteiger partial charge in [-0.2, -0.15) is 0 Å². The Morgan fingerprint density at radius 1 is 1.40 bits per heavy atom. The van der Waals surface area contributed by atoms with Crippen LogP contribution < -0.4 is 5.32 Å². The second kappa shape index (κ2) is 7.04. The first-order valence-corrected chi connectivity index (χ1v) is 6.95. The molecule has 0 bridgehead atoms. The minimum absolute atomic E-state index is 0.0268. The Kier molecular flexibility index (Phi) is 5.69. The number of hydrogen-bond acceptors (Lipinski definition) is 5. The highest BCUT2D eigenvalue weighted by atomic mass is 32.1. The molecule has 0 aromatic carbocycles. The summed E-state index contributed by atoms with van der Waals surface area (Å²) >= 11 is 1.16. The molecule has 0 fully saturated rings. The smallest absolute Gasteiger partial charge is 0.348 e. The zero-order chi connectivity index (χ0) is 15.3. The molecule has 0 saturated carbocycles. The maximum absolute atomic E-state index is 11.7. The van der Waals surface area contributed by atoms with Gasteiger partial charge in [-0.15, -0.1) is 11.3 Å². The average Bonchev–Trinajstić information content (AvgIpc) is 2.70. The van der Waals surface area contributed by atoms with Gasteiger partial charge in [0.2, 0.25) is 11.8 Å². The summed E-state index contributed by atoms with van der Waals surface area (Å²) < 4.78 is 4.93. The summed E-state index contributed by atoms with van der Waals surface area (Å²) in [5.74, 6) is -0.884. The maximum Gasteiger partial charge on any atom is 0.348 e. The minimum Gasteiger partial charge on any atom is -0.462 e. The van der Waals surface area contributed by atoms with Crippen molar-refractivity contribution >= 4 is 34.1 Å². The van der Waals surface area contributed by atoms with Crippen LogP contribution in [0.5, 0.6) is 0 Å². The molecule has 1 rings (SSSR count). The van der Waals surface area contributed by atoms with Gasteiger partial charge in [-0.05, 0) is 25.5 Å². The molecule has 20 heavy (non-hydrogen) atoms. The Morgan fingerprint density at radius 2 is 2.05 bits per heavy atom. The molecule has 0 aliphatic heterocycles. The number of anilines is 1. The predicted octanol–water partition coefficient (Wildman–Crippen LogP) is 1.65. The number of carbonyl (C=O) groups is 3. The normalized spacial score (nSPS) is 10.0. The molecule has 1 aromatic heterocycles. The van der Waals surface area contributed by atoms with Crippen molar-refractivity contribution in [3.05, 3.63) is 16.5 Å². The quantitative estimate of drug-likeness (QED) is 0.839. The van der Waals surface area contributed by atoms with Crippen molar-refractivity contribution in [2.75, 3.05) is 25.5 Å². The topological polar surface area (TPSA) is 75.7 Å². The highest BCUT2D eigenvalue weighted by Crippen LogP contribution is 2.27. The number of rotatable bonds is 5. The fourth-order valence-electron chi connectivity index (χ4n) is 1.45. The molecule has 0 radical (unpaired) electrons. The fourth-order valence-corrected chi connectivity index (χ4v) is 2.43. The van der Waals surface area contributed by atoms with E-state index in [0.717, 1.165) is 16.9 Å². The van der Waals surface area contributed by atoms with E-state index in [0.29, 0.717) is 16.5 Å². The first-order valence-electron chi connectivity index (χ1n) is 6.14. The second-order valence-corrected chi connectivity index (χ2v) is 5.32. The third kappa shape index (κ3) is 4.34. The molecule has 0 aliphatic carbocycles. The maximum atomic E-state index is 11.7. The van der Waals surface area contributed by atoms with Gasteiger partial charge in [0.25, 0.3) is 0 Å². The largest absolute Gasteiger partial charge is 0.462 e. The summed E-state index contributed by atoms with van der Waals surface area (Å²) in [4.78, 5) is 36.2. The van der Waals surface area contributed by atoms with Crippen LogP contribution in [0.2, 0.25) is 0 Å². The van der Waals surface area contributed by atoms with Crippen molar-refractivity contribution < 1.29 is 19.1 Å². The van der Waals surface area contributed by atoms with E-state index in [-0.39, 0.29) is 18.4 Å². The molecule has 1 heterocycles. The fraction of sp³-hybridized carbons (Fsp3) is 0.462. The van der Waals surface area contributed by atoms with Crippen LogP contribution >= 0.6 is 11.3 Å². The number of nitrogens with zero attached hydrogens (tertiary/aromatic N) is 1. The van der Waals surface area contributed by atoms with Crippen LogP contribution in [0.3, 0.4) is 0 Å². The predicted molar refractivity (Wildman–Crippen MR) is 77.0 cm³/mol. The lowest BCUT2D eigenvalue weighted by Gasteiger charge is -2.13. The van der Waals surface area contributed by atoms with Crippen LogP contribution in [-0.2, 0) is 14.3 Å². The summed E-state index contributed by atoms with van der Waals surface area (Å²) in [6.45, 7) is 5.19. The highest BCUT2D eigenvalue weighted by Gasteiger charge is 2.16. The van der Waals surface area contributed by atoms with Crippen molar-refractivity contribution in [3.63, 3.8) is 0 Å². The van der Waals surface area contributed by atoms with Gasteiger partial charge in [-0.25, -0.2) is 4.79 Å². The zero-order valence-corrected chi connectivity index (χ0v) is 12.8. The molecule has 0 saturated heterocycles. The summed E-state index contributed by atoms with van der Waals surface area (Å²) in [5.41, 5.74) is 0.753. The van der Waals surface area contributed by atoms with Crippen molar-refractivity contribution in [1.29, 1.82) is 0 Å². The molecular formula is C13H18N2O4S. The van der Waals surface area contributed by atoms with Gasteiger partial charge in [0.15, 0.2) is 0 Å². The number of aryl methyl sites for hydroxylation is 1. The number of carbonyl (C=O) groups excluding carboxylic acids is 3. The van der Waals surface area contributed by atoms with E-state index in [1.165, 1.54) is 11.8 Å². The molecule has 7 heteroatoms. The van der Waals surface area contributed by atoms with Crippen LogP contribution in [0.1, 0.15) is 29.1 Å². The number of esters is 1. The van der Waals surface area contributed by atoms with Crippen LogP contribution in [0, 0.1) is 6.92 Å². The molecule has 0 aliphatic rings. The van der Waals surface area contributed by atoms with Gasteiger partial charge in [0.05, 0.1) is 18.2 Å². The van der Waals surface area contributed by atoms with Crippen LogP contribution in [0.15, 0.2) is 6.07 Å². The van der Waals surface area contributed by atoms with Gasteiger partial charge in [0, 0.05) is 14.0 Å². The molecule has 1 aromatic rings. The van der Waals surface area contributed by atoms with Crippen LogP contribution in [-0.4, -0.2) is 42.9 Å². The van der Waals surface area contributed by atoms with Gasteiger partial charge < -0.3 is 15.0 Å². The lowest BCUT2D eigenvalue weighted by atomic mass is 10.3. The Hall–Kier alpha value is -1.89. The number of nitrogens with one attached hydrogen (secondary N) is 1. The molecule has 0 unspecified atom stereocenters. The van der Waals surface area contributed by atoms with E-state index in [1.54, 1.807) is 27.0 Å². The van der Waals surface area contributed by atoms with E-state index < -0.39 is 5.97 Å².